The van der Waals surface area contributed by atoms with Crippen molar-refractivity contribution in [1.82, 2.24) is 4.98 Å². The first-order valence-corrected chi connectivity index (χ1v) is 9.56. The second-order valence-corrected chi connectivity index (χ2v) is 7.65. The van der Waals surface area contributed by atoms with Crippen LogP contribution in [0.1, 0.15) is 37.2 Å². The number of primary amides is 1. The number of rotatable bonds is 5. The largest absolute Gasteiger partial charge is 0.493 e. The van der Waals surface area contributed by atoms with Gasteiger partial charge in [0.1, 0.15) is 11.8 Å². The lowest BCUT2D eigenvalue weighted by Crippen LogP contribution is -2.47. The van der Waals surface area contributed by atoms with E-state index in [2.05, 4.69) is 10.3 Å². The van der Waals surface area contributed by atoms with Crippen molar-refractivity contribution in [3.63, 3.8) is 0 Å². The highest BCUT2D eigenvalue weighted by Gasteiger charge is 2.65. The molecule has 2 aromatic rings. The highest BCUT2D eigenvalue weighted by molar-refractivity contribution is 5.97. The second kappa shape index (κ2) is 8.58. The van der Waals surface area contributed by atoms with E-state index in [1.54, 1.807) is 0 Å². The van der Waals surface area contributed by atoms with Gasteiger partial charge in [0.15, 0.2) is 17.2 Å². The molecule has 1 aromatic carbocycles. The molecule has 0 spiro atoms. The summed E-state index contributed by atoms with van der Waals surface area (Å²) in [5.41, 5.74) is 1.74. The summed E-state index contributed by atoms with van der Waals surface area (Å²) in [6.07, 6.45) is -5.65. The number of pyridine rings is 1. The molecule has 33 heavy (non-hydrogen) atoms. The van der Waals surface area contributed by atoms with E-state index in [0.717, 1.165) is 39.3 Å². The Bertz CT molecular complexity index is 1150. The van der Waals surface area contributed by atoms with Gasteiger partial charge in [-0.25, -0.2) is 4.39 Å². The number of amides is 2. The van der Waals surface area contributed by atoms with Crippen LogP contribution in [-0.4, -0.2) is 41.8 Å². The molecule has 1 fully saturated rings. The molecule has 178 valence electrons. The maximum atomic E-state index is 14.5. The standard InChI is InChI=1S/C21H20F5N3O4/c1-9-14(11-4-5-12(22)15(23)16(11)32-3)17(33-20(9,2)21(24,25)26)19(31)29-10-6-7-28-13(8-10)18(27)30/h4-9,14,17H,1-3H3,(H2,27,30)(H,28,29,31)/t9-,14-,17+,20-/m0/s1/i5D. The van der Waals surface area contributed by atoms with E-state index in [9.17, 15) is 31.5 Å². The fourth-order valence-electron chi connectivity index (χ4n) is 3.83. The summed E-state index contributed by atoms with van der Waals surface area (Å²) >= 11 is 0. The molecule has 2 amide bonds. The molecule has 0 bridgehead atoms. The molecule has 1 aliphatic heterocycles. The van der Waals surface area contributed by atoms with Crippen molar-refractivity contribution in [2.24, 2.45) is 11.7 Å². The van der Waals surface area contributed by atoms with Crippen molar-refractivity contribution in [1.29, 1.82) is 0 Å². The number of carbonyl (C=O) groups excluding carboxylic acids is 2. The van der Waals surface area contributed by atoms with Gasteiger partial charge in [-0.3, -0.25) is 14.6 Å². The van der Waals surface area contributed by atoms with Gasteiger partial charge in [0, 0.05) is 29.3 Å². The zero-order valence-corrected chi connectivity index (χ0v) is 17.6. The van der Waals surface area contributed by atoms with Gasteiger partial charge in [0.25, 0.3) is 11.8 Å². The van der Waals surface area contributed by atoms with Gasteiger partial charge in [-0.1, -0.05) is 13.0 Å². The summed E-state index contributed by atoms with van der Waals surface area (Å²) in [5.74, 6) is -8.81. The third-order valence-corrected chi connectivity index (χ3v) is 5.78. The lowest BCUT2D eigenvalue weighted by Gasteiger charge is -2.32. The van der Waals surface area contributed by atoms with Crippen molar-refractivity contribution < 1.29 is 42.4 Å². The number of nitrogens with two attached hydrogens (primary N) is 1. The number of hydrogen-bond acceptors (Lipinski definition) is 5. The first kappa shape index (κ1) is 22.9. The minimum atomic E-state index is -4.94. The quantitative estimate of drug-likeness (QED) is 0.646. The number of methoxy groups -OCH3 is 1. The Morgan fingerprint density at radius 1 is 1.33 bits per heavy atom. The van der Waals surface area contributed by atoms with E-state index in [1.807, 2.05) is 0 Å². The Hall–Kier alpha value is -3.28. The van der Waals surface area contributed by atoms with E-state index >= 15 is 0 Å². The first-order chi connectivity index (χ1) is 15.7. The van der Waals surface area contributed by atoms with E-state index in [4.69, 9.17) is 16.6 Å². The minimum absolute atomic E-state index is 0.0113. The molecule has 0 radical (unpaired) electrons. The SMILES string of the molecule is [2H]c1cc([C@H]2[C@H](C(=O)Nc3ccnc(C(N)=O)c3)O[C@](C)(C(F)(F)F)[C@H]2C)c(OC)c(F)c1F. The van der Waals surface area contributed by atoms with Crippen LogP contribution in [0.3, 0.4) is 0 Å². The topological polar surface area (TPSA) is 104 Å². The molecule has 1 saturated heterocycles. The molecule has 3 rings (SSSR count). The Morgan fingerprint density at radius 2 is 2.00 bits per heavy atom. The van der Waals surface area contributed by atoms with Crippen molar-refractivity contribution in [3.8, 4) is 5.75 Å². The summed E-state index contributed by atoms with van der Waals surface area (Å²) in [6, 6.07) is 2.25. The van der Waals surface area contributed by atoms with Gasteiger partial charge in [-0.05, 0) is 25.1 Å². The maximum absolute atomic E-state index is 14.5. The van der Waals surface area contributed by atoms with Gasteiger partial charge in [0.2, 0.25) is 5.82 Å². The van der Waals surface area contributed by atoms with Crippen LogP contribution in [0.4, 0.5) is 27.6 Å². The van der Waals surface area contributed by atoms with Crippen molar-refractivity contribution in [3.05, 3.63) is 53.3 Å². The number of alkyl halides is 3. The Balaban J connectivity index is 2.12. The van der Waals surface area contributed by atoms with Crippen LogP contribution < -0.4 is 15.8 Å². The monoisotopic (exact) mass is 474 g/mol. The van der Waals surface area contributed by atoms with Gasteiger partial charge < -0.3 is 20.5 Å². The number of nitrogens with one attached hydrogen (secondary N) is 1. The number of carbonyl (C=O) groups is 2. The predicted octanol–water partition coefficient (Wildman–Crippen LogP) is 3.55. The van der Waals surface area contributed by atoms with Gasteiger partial charge >= 0.3 is 6.18 Å². The molecule has 7 nitrogen and oxygen atoms in total. The molecular weight excluding hydrogens is 453 g/mol. The lowest BCUT2D eigenvalue weighted by molar-refractivity contribution is -0.272. The molecule has 1 aromatic heterocycles. The van der Waals surface area contributed by atoms with E-state index in [-0.39, 0.29) is 16.9 Å². The molecule has 0 unspecified atom stereocenters. The van der Waals surface area contributed by atoms with Crippen LogP contribution in [0, 0.1) is 17.6 Å². The molecule has 0 saturated carbocycles. The molecule has 12 heteroatoms. The number of hydrogen-bond donors (Lipinski definition) is 2. The molecule has 1 aliphatic rings. The Kier molecular flexibility index (Phi) is 5.95. The summed E-state index contributed by atoms with van der Waals surface area (Å²) in [5, 5.41) is 2.33. The zero-order chi connectivity index (χ0) is 25.6. The number of halogens is 5. The molecular formula is C21H20F5N3O4. The fraction of sp³-hybridized carbons (Fsp3) is 0.381. The predicted molar refractivity (Wildman–Crippen MR) is 106 cm³/mol. The lowest BCUT2D eigenvalue weighted by atomic mass is 9.77. The number of ether oxygens (including phenoxy) is 2. The average molecular weight is 474 g/mol. The Morgan fingerprint density at radius 3 is 2.58 bits per heavy atom. The number of anilines is 1. The number of nitrogens with zero attached hydrogens (tertiary/aromatic N) is 1. The van der Waals surface area contributed by atoms with Crippen LogP contribution >= 0.6 is 0 Å². The average Bonchev–Trinajstić information content (AvgIpc) is 3.04. The summed E-state index contributed by atoms with van der Waals surface area (Å²) < 4.78 is 88.2. The highest BCUT2D eigenvalue weighted by atomic mass is 19.4. The van der Waals surface area contributed by atoms with Crippen LogP contribution in [0.15, 0.2) is 30.4 Å². The molecule has 4 atom stereocenters. The highest BCUT2D eigenvalue weighted by Crippen LogP contribution is 2.55. The van der Waals surface area contributed by atoms with E-state index in [1.165, 1.54) is 6.07 Å². The van der Waals surface area contributed by atoms with Gasteiger partial charge in [-0.15, -0.1) is 0 Å². The summed E-state index contributed by atoms with van der Waals surface area (Å²) in [4.78, 5) is 28.1. The molecule has 0 aliphatic carbocycles. The van der Waals surface area contributed by atoms with Gasteiger partial charge in [0.05, 0.1) is 8.48 Å². The second-order valence-electron chi connectivity index (χ2n) is 7.65. The van der Waals surface area contributed by atoms with Crippen molar-refractivity contribution in [2.75, 3.05) is 12.4 Å². The molecule has 3 N–H and O–H groups in total. The smallest absolute Gasteiger partial charge is 0.417 e. The van der Waals surface area contributed by atoms with Crippen molar-refractivity contribution in [2.45, 2.75) is 37.6 Å². The van der Waals surface area contributed by atoms with Crippen LogP contribution in [0.5, 0.6) is 5.75 Å². The zero-order valence-electron chi connectivity index (χ0n) is 18.6. The van der Waals surface area contributed by atoms with E-state index in [0.29, 0.717) is 0 Å². The summed E-state index contributed by atoms with van der Waals surface area (Å²) in [6.45, 7) is 1.89. The van der Waals surface area contributed by atoms with Gasteiger partial charge in [-0.2, -0.15) is 17.6 Å². The minimum Gasteiger partial charge on any atom is -0.493 e. The van der Waals surface area contributed by atoms with Crippen LogP contribution in [0.2, 0.25) is 0 Å². The fourth-order valence-corrected chi connectivity index (χ4v) is 3.83. The number of benzene rings is 1. The molecule has 2 heterocycles. The first-order valence-electron chi connectivity index (χ1n) is 10.1. The number of aromatic nitrogens is 1. The third kappa shape index (κ3) is 4.22. The van der Waals surface area contributed by atoms with Crippen LogP contribution in [0.25, 0.3) is 0 Å². The maximum Gasteiger partial charge on any atom is 0.417 e. The normalized spacial score (nSPS) is 25.5. The third-order valence-electron chi connectivity index (χ3n) is 5.78. The van der Waals surface area contributed by atoms with Crippen molar-refractivity contribution >= 4 is 17.5 Å². The van der Waals surface area contributed by atoms with Crippen LogP contribution in [-0.2, 0) is 9.53 Å². The summed E-state index contributed by atoms with van der Waals surface area (Å²) in [7, 11) is 0.978. The Labute approximate surface area is 186 Å². The van der Waals surface area contributed by atoms with E-state index < -0.39 is 65.0 Å².